The van der Waals surface area contributed by atoms with Crippen molar-refractivity contribution < 1.29 is 0 Å². The Bertz CT molecular complexity index is 1140. The summed E-state index contributed by atoms with van der Waals surface area (Å²) in [5.41, 5.74) is 10.7. The topological polar surface area (TPSA) is 68.8 Å². The van der Waals surface area contributed by atoms with E-state index in [2.05, 4.69) is 63.5 Å². The Morgan fingerprint density at radius 3 is 2.79 bits per heavy atom. The van der Waals surface area contributed by atoms with Crippen LogP contribution in [0, 0.1) is 6.92 Å². The van der Waals surface area contributed by atoms with Crippen molar-refractivity contribution in [2.75, 3.05) is 18.8 Å². The molecular formula is C22H23N5S. The zero-order valence-corrected chi connectivity index (χ0v) is 16.7. The van der Waals surface area contributed by atoms with E-state index >= 15 is 0 Å². The van der Waals surface area contributed by atoms with E-state index in [-0.39, 0.29) is 0 Å². The maximum atomic E-state index is 6.28. The van der Waals surface area contributed by atoms with Crippen LogP contribution >= 0.6 is 11.3 Å². The van der Waals surface area contributed by atoms with Crippen LogP contribution in [0.3, 0.4) is 0 Å². The van der Waals surface area contributed by atoms with Crippen LogP contribution in [0.5, 0.6) is 0 Å². The van der Waals surface area contributed by atoms with Gasteiger partial charge in [-0.15, -0.1) is 11.3 Å². The van der Waals surface area contributed by atoms with E-state index in [0.29, 0.717) is 11.9 Å². The first-order chi connectivity index (χ1) is 13.7. The number of benzene rings is 1. The third kappa shape index (κ3) is 2.99. The molecule has 3 aromatic heterocycles. The Hall–Kier alpha value is -2.70. The normalized spacial score (nSPS) is 15.3. The molecule has 0 spiro atoms. The van der Waals surface area contributed by atoms with E-state index in [4.69, 9.17) is 5.73 Å². The smallest absolute Gasteiger partial charge is 0.132 e. The minimum Gasteiger partial charge on any atom is -0.383 e. The lowest BCUT2D eigenvalue weighted by molar-refractivity contribution is 0.343. The number of nitrogens with two attached hydrogens (primary N) is 1. The maximum Gasteiger partial charge on any atom is 0.132 e. The number of aryl methyl sites for hydroxylation is 1. The standard InChI is InChI=1S/C22H23N5S/c1-14-18-4-2-3-5-20(18)28-21(14)19-10-15(11-25-22(19)23)16-12-26-27(13-16)17-6-8-24-9-7-17/h2-5,10-13,17,24H,6-9H2,1H3,(H2,23,25). The summed E-state index contributed by atoms with van der Waals surface area (Å²) >= 11 is 1.78. The van der Waals surface area contributed by atoms with Crippen LogP contribution in [0.1, 0.15) is 24.4 Å². The van der Waals surface area contributed by atoms with Crippen molar-refractivity contribution in [2.24, 2.45) is 0 Å². The molecule has 0 atom stereocenters. The monoisotopic (exact) mass is 389 g/mol. The number of anilines is 1. The highest BCUT2D eigenvalue weighted by Crippen LogP contribution is 2.41. The van der Waals surface area contributed by atoms with Crippen LogP contribution in [-0.4, -0.2) is 27.9 Å². The van der Waals surface area contributed by atoms with Crippen molar-refractivity contribution in [1.82, 2.24) is 20.1 Å². The average molecular weight is 390 g/mol. The van der Waals surface area contributed by atoms with Gasteiger partial charge in [-0.25, -0.2) is 4.98 Å². The summed E-state index contributed by atoms with van der Waals surface area (Å²) in [5.74, 6) is 0.573. The second kappa shape index (κ2) is 7.04. The summed E-state index contributed by atoms with van der Waals surface area (Å²) in [4.78, 5) is 5.70. The SMILES string of the molecule is Cc1c(-c2cc(-c3cnn(C4CCNCC4)c3)cnc2N)sc2ccccc12. The number of aromatic nitrogens is 3. The average Bonchev–Trinajstić information content (AvgIpc) is 3.35. The summed E-state index contributed by atoms with van der Waals surface area (Å²) in [5, 5.41) is 9.32. The van der Waals surface area contributed by atoms with Crippen molar-refractivity contribution in [3.05, 3.63) is 54.5 Å². The predicted octanol–water partition coefficient (Wildman–Crippen LogP) is 4.64. The molecule has 4 heterocycles. The third-order valence-electron chi connectivity index (χ3n) is 5.62. The van der Waals surface area contributed by atoms with E-state index in [9.17, 15) is 0 Å². The Morgan fingerprint density at radius 1 is 1.14 bits per heavy atom. The summed E-state index contributed by atoms with van der Waals surface area (Å²) in [7, 11) is 0. The van der Waals surface area contributed by atoms with Crippen molar-refractivity contribution >= 4 is 27.2 Å². The molecule has 0 unspecified atom stereocenters. The zero-order valence-electron chi connectivity index (χ0n) is 15.9. The second-order valence-electron chi connectivity index (χ2n) is 7.40. The zero-order chi connectivity index (χ0) is 19.1. The van der Waals surface area contributed by atoms with Gasteiger partial charge in [0, 0.05) is 38.7 Å². The van der Waals surface area contributed by atoms with Gasteiger partial charge in [0.1, 0.15) is 5.82 Å². The third-order valence-corrected chi connectivity index (χ3v) is 6.93. The number of nitrogen functional groups attached to an aromatic ring is 1. The van der Waals surface area contributed by atoms with E-state index in [1.807, 2.05) is 12.4 Å². The largest absolute Gasteiger partial charge is 0.383 e. The minimum absolute atomic E-state index is 0.473. The fourth-order valence-electron chi connectivity index (χ4n) is 4.00. The number of pyridine rings is 1. The lowest BCUT2D eigenvalue weighted by Crippen LogP contribution is -2.29. The van der Waals surface area contributed by atoms with E-state index < -0.39 is 0 Å². The molecule has 0 bridgehead atoms. The molecule has 5 nitrogen and oxygen atoms in total. The highest BCUT2D eigenvalue weighted by Gasteiger charge is 2.18. The van der Waals surface area contributed by atoms with E-state index in [0.717, 1.165) is 42.6 Å². The lowest BCUT2D eigenvalue weighted by atomic mass is 10.0. The van der Waals surface area contributed by atoms with Gasteiger partial charge in [-0.05, 0) is 55.9 Å². The maximum absolute atomic E-state index is 6.28. The molecule has 3 N–H and O–H groups in total. The van der Waals surface area contributed by atoms with Gasteiger partial charge in [0.05, 0.1) is 12.2 Å². The van der Waals surface area contributed by atoms with Crippen molar-refractivity contribution in [2.45, 2.75) is 25.8 Å². The number of hydrogen-bond acceptors (Lipinski definition) is 5. The Labute approximate surface area is 168 Å². The van der Waals surface area contributed by atoms with Gasteiger partial charge in [-0.1, -0.05) is 18.2 Å². The molecular weight excluding hydrogens is 366 g/mol. The Balaban J connectivity index is 1.54. The first-order valence-corrected chi connectivity index (χ1v) is 10.5. The van der Waals surface area contributed by atoms with Crippen molar-refractivity contribution in [3.63, 3.8) is 0 Å². The molecule has 1 saturated heterocycles. The van der Waals surface area contributed by atoms with Gasteiger partial charge in [0.2, 0.25) is 0 Å². The molecule has 1 aromatic carbocycles. The Morgan fingerprint density at radius 2 is 1.96 bits per heavy atom. The summed E-state index contributed by atoms with van der Waals surface area (Å²) in [6.45, 7) is 4.27. The number of thiophene rings is 1. The molecule has 1 aliphatic heterocycles. The van der Waals surface area contributed by atoms with Crippen molar-refractivity contribution in [1.29, 1.82) is 0 Å². The van der Waals surface area contributed by atoms with Crippen LogP contribution in [0.2, 0.25) is 0 Å². The number of piperidine rings is 1. The quantitative estimate of drug-likeness (QED) is 0.535. The fourth-order valence-corrected chi connectivity index (χ4v) is 5.24. The highest BCUT2D eigenvalue weighted by molar-refractivity contribution is 7.22. The van der Waals surface area contributed by atoms with Crippen LogP contribution < -0.4 is 11.1 Å². The molecule has 142 valence electrons. The number of nitrogens with one attached hydrogen (secondary N) is 1. The van der Waals surface area contributed by atoms with Crippen LogP contribution in [0.15, 0.2) is 48.9 Å². The molecule has 0 radical (unpaired) electrons. The van der Waals surface area contributed by atoms with Gasteiger partial charge >= 0.3 is 0 Å². The molecule has 1 aliphatic rings. The molecule has 0 aliphatic carbocycles. The van der Waals surface area contributed by atoms with Crippen LogP contribution in [-0.2, 0) is 0 Å². The second-order valence-corrected chi connectivity index (χ2v) is 8.45. The van der Waals surface area contributed by atoms with Crippen LogP contribution in [0.25, 0.3) is 31.7 Å². The Kier molecular flexibility index (Phi) is 4.37. The summed E-state index contributed by atoms with van der Waals surface area (Å²) in [6.07, 6.45) is 8.17. The first kappa shape index (κ1) is 17.4. The molecule has 28 heavy (non-hydrogen) atoms. The van der Waals surface area contributed by atoms with Gasteiger partial charge in [0.25, 0.3) is 0 Å². The molecule has 0 saturated carbocycles. The molecule has 6 heteroatoms. The van der Waals surface area contributed by atoms with Crippen molar-refractivity contribution in [3.8, 4) is 21.6 Å². The lowest BCUT2D eigenvalue weighted by Gasteiger charge is -2.22. The summed E-state index contributed by atoms with van der Waals surface area (Å²) in [6, 6.07) is 11.1. The number of hydrogen-bond donors (Lipinski definition) is 2. The van der Waals surface area contributed by atoms with Crippen LogP contribution in [0.4, 0.5) is 5.82 Å². The number of nitrogens with zero attached hydrogens (tertiary/aromatic N) is 3. The predicted molar refractivity (Wildman–Crippen MR) is 117 cm³/mol. The molecule has 4 aromatic rings. The molecule has 1 fully saturated rings. The highest BCUT2D eigenvalue weighted by atomic mass is 32.1. The number of fused-ring (bicyclic) bond motifs is 1. The molecule has 5 rings (SSSR count). The minimum atomic E-state index is 0.473. The van der Waals surface area contributed by atoms with E-state index in [1.165, 1.54) is 20.5 Å². The fraction of sp³-hybridized carbons (Fsp3) is 0.273. The van der Waals surface area contributed by atoms with Gasteiger partial charge in [-0.2, -0.15) is 5.10 Å². The van der Waals surface area contributed by atoms with Gasteiger partial charge in [-0.3, -0.25) is 4.68 Å². The summed E-state index contributed by atoms with van der Waals surface area (Å²) < 4.78 is 3.38. The first-order valence-electron chi connectivity index (χ1n) is 9.70. The number of rotatable bonds is 3. The molecule has 0 amide bonds. The van der Waals surface area contributed by atoms with E-state index in [1.54, 1.807) is 11.3 Å². The van der Waals surface area contributed by atoms with Gasteiger partial charge < -0.3 is 11.1 Å². The van der Waals surface area contributed by atoms with Gasteiger partial charge in [0.15, 0.2) is 0 Å².